The summed E-state index contributed by atoms with van der Waals surface area (Å²) < 4.78 is 0. The molecule has 1 saturated heterocycles. The number of amides is 1. The standard InChI is InChI=1S/C11H20N2O/c1-8(12)11(14)13-7-3-5-9-4-2-6-10(9)13/h8-10H,2-7,12H2,1H3/t8-,9+,10-/m0/s1. The molecule has 1 heterocycles. The van der Waals surface area contributed by atoms with Crippen LogP contribution in [-0.4, -0.2) is 29.4 Å². The maximum Gasteiger partial charge on any atom is 0.239 e. The van der Waals surface area contributed by atoms with E-state index in [0.717, 1.165) is 12.5 Å². The number of rotatable bonds is 1. The first-order valence-electron chi connectivity index (χ1n) is 5.76. The summed E-state index contributed by atoms with van der Waals surface area (Å²) in [5.74, 6) is 0.924. The van der Waals surface area contributed by atoms with Gasteiger partial charge in [0.2, 0.25) is 5.91 Å². The van der Waals surface area contributed by atoms with Gasteiger partial charge in [0.15, 0.2) is 0 Å². The number of hydrogen-bond donors (Lipinski definition) is 1. The Morgan fingerprint density at radius 3 is 2.79 bits per heavy atom. The Hall–Kier alpha value is -0.570. The van der Waals surface area contributed by atoms with Crippen molar-refractivity contribution in [1.29, 1.82) is 0 Å². The number of hydrogen-bond acceptors (Lipinski definition) is 2. The quantitative estimate of drug-likeness (QED) is 0.683. The Bertz CT molecular complexity index is 227. The number of piperidine rings is 1. The fourth-order valence-electron chi connectivity index (χ4n) is 2.99. The zero-order valence-electron chi connectivity index (χ0n) is 8.91. The van der Waals surface area contributed by atoms with Crippen LogP contribution in [0.25, 0.3) is 0 Å². The molecule has 2 N–H and O–H groups in total. The zero-order valence-corrected chi connectivity index (χ0v) is 8.91. The molecular formula is C11H20N2O. The lowest BCUT2D eigenvalue weighted by Gasteiger charge is -2.38. The van der Waals surface area contributed by atoms with Crippen molar-refractivity contribution in [3.05, 3.63) is 0 Å². The normalized spacial score (nSPS) is 34.0. The molecule has 3 atom stereocenters. The van der Waals surface area contributed by atoms with Crippen LogP contribution in [0.1, 0.15) is 39.0 Å². The third-order valence-corrected chi connectivity index (χ3v) is 3.67. The van der Waals surface area contributed by atoms with Gasteiger partial charge in [-0.1, -0.05) is 6.42 Å². The maximum absolute atomic E-state index is 11.8. The minimum Gasteiger partial charge on any atom is -0.338 e. The summed E-state index contributed by atoms with van der Waals surface area (Å²) in [5, 5.41) is 0. The van der Waals surface area contributed by atoms with E-state index in [0.29, 0.717) is 6.04 Å². The smallest absolute Gasteiger partial charge is 0.239 e. The predicted molar refractivity (Wildman–Crippen MR) is 55.7 cm³/mol. The average Bonchev–Trinajstić information content (AvgIpc) is 2.63. The molecule has 0 bridgehead atoms. The molecule has 1 aliphatic carbocycles. The van der Waals surface area contributed by atoms with Crippen LogP contribution in [-0.2, 0) is 4.79 Å². The minimum atomic E-state index is -0.325. The molecule has 3 nitrogen and oxygen atoms in total. The maximum atomic E-state index is 11.8. The van der Waals surface area contributed by atoms with Crippen LogP contribution in [0.2, 0.25) is 0 Å². The molecule has 0 aromatic carbocycles. The van der Waals surface area contributed by atoms with Crippen molar-refractivity contribution in [2.75, 3.05) is 6.54 Å². The van der Waals surface area contributed by atoms with Crippen LogP contribution >= 0.6 is 0 Å². The molecule has 14 heavy (non-hydrogen) atoms. The van der Waals surface area contributed by atoms with Crippen molar-refractivity contribution < 1.29 is 4.79 Å². The number of fused-ring (bicyclic) bond motifs is 1. The van der Waals surface area contributed by atoms with Crippen molar-refractivity contribution in [1.82, 2.24) is 4.90 Å². The first-order valence-corrected chi connectivity index (χ1v) is 5.76. The molecule has 2 rings (SSSR count). The van der Waals surface area contributed by atoms with Crippen LogP contribution in [0.3, 0.4) is 0 Å². The van der Waals surface area contributed by atoms with E-state index in [9.17, 15) is 4.79 Å². The van der Waals surface area contributed by atoms with E-state index < -0.39 is 0 Å². The highest BCUT2D eigenvalue weighted by molar-refractivity contribution is 5.81. The first-order chi connectivity index (χ1) is 6.70. The molecule has 2 fully saturated rings. The van der Waals surface area contributed by atoms with Gasteiger partial charge in [-0.2, -0.15) is 0 Å². The third kappa shape index (κ3) is 1.65. The lowest BCUT2D eigenvalue weighted by Crippen LogP contribution is -2.51. The number of nitrogens with two attached hydrogens (primary N) is 1. The van der Waals surface area contributed by atoms with E-state index in [1.54, 1.807) is 6.92 Å². The highest BCUT2D eigenvalue weighted by Crippen LogP contribution is 2.36. The molecule has 1 aliphatic heterocycles. The second-order valence-electron chi connectivity index (χ2n) is 4.72. The summed E-state index contributed by atoms with van der Waals surface area (Å²) in [7, 11) is 0. The van der Waals surface area contributed by atoms with E-state index in [-0.39, 0.29) is 11.9 Å². The van der Waals surface area contributed by atoms with E-state index in [4.69, 9.17) is 5.73 Å². The van der Waals surface area contributed by atoms with Crippen LogP contribution in [0.5, 0.6) is 0 Å². The topological polar surface area (TPSA) is 46.3 Å². The highest BCUT2D eigenvalue weighted by atomic mass is 16.2. The van der Waals surface area contributed by atoms with Gasteiger partial charge in [-0.15, -0.1) is 0 Å². The SMILES string of the molecule is C[C@H](N)C(=O)N1CCC[C@H]2CCC[C@@H]21. The van der Waals surface area contributed by atoms with Crippen LogP contribution in [0.15, 0.2) is 0 Å². The molecule has 0 aromatic rings. The largest absolute Gasteiger partial charge is 0.338 e. The van der Waals surface area contributed by atoms with Gasteiger partial charge in [0, 0.05) is 12.6 Å². The minimum absolute atomic E-state index is 0.154. The molecule has 3 heteroatoms. The summed E-state index contributed by atoms with van der Waals surface area (Å²) in [6.07, 6.45) is 6.28. The number of likely N-dealkylation sites (tertiary alicyclic amines) is 1. The third-order valence-electron chi connectivity index (χ3n) is 3.67. The predicted octanol–water partition coefficient (Wildman–Crippen LogP) is 1.12. The molecule has 0 unspecified atom stereocenters. The van der Waals surface area contributed by atoms with Crippen molar-refractivity contribution in [2.45, 2.75) is 51.1 Å². The Balaban J connectivity index is 2.06. The summed E-state index contributed by atoms with van der Waals surface area (Å²) in [5.41, 5.74) is 5.66. The van der Waals surface area contributed by atoms with Crippen molar-refractivity contribution in [3.63, 3.8) is 0 Å². The molecule has 1 saturated carbocycles. The lowest BCUT2D eigenvalue weighted by molar-refractivity contribution is -0.136. The van der Waals surface area contributed by atoms with Gasteiger partial charge in [0.1, 0.15) is 0 Å². The summed E-state index contributed by atoms with van der Waals surface area (Å²) in [4.78, 5) is 13.9. The molecule has 0 radical (unpaired) electrons. The molecule has 0 aromatic heterocycles. The molecule has 1 amide bonds. The average molecular weight is 196 g/mol. The summed E-state index contributed by atoms with van der Waals surface area (Å²) in [6, 6.07) is 0.191. The Morgan fingerprint density at radius 2 is 2.07 bits per heavy atom. The summed E-state index contributed by atoms with van der Waals surface area (Å²) >= 11 is 0. The Kier molecular flexibility index (Phi) is 2.77. The number of nitrogens with zero attached hydrogens (tertiary/aromatic N) is 1. The van der Waals surface area contributed by atoms with Gasteiger partial charge in [0.25, 0.3) is 0 Å². The van der Waals surface area contributed by atoms with Crippen molar-refractivity contribution >= 4 is 5.91 Å². The van der Waals surface area contributed by atoms with E-state index >= 15 is 0 Å². The molecule has 80 valence electrons. The zero-order chi connectivity index (χ0) is 10.1. The van der Waals surface area contributed by atoms with Gasteiger partial charge in [-0.3, -0.25) is 4.79 Å². The van der Waals surface area contributed by atoms with Crippen molar-refractivity contribution in [3.8, 4) is 0 Å². The fraction of sp³-hybridized carbons (Fsp3) is 0.909. The van der Waals surface area contributed by atoms with E-state index in [1.807, 2.05) is 4.90 Å². The van der Waals surface area contributed by atoms with Gasteiger partial charge in [-0.25, -0.2) is 0 Å². The number of carbonyl (C=O) groups is 1. The van der Waals surface area contributed by atoms with E-state index in [1.165, 1.54) is 32.1 Å². The molecule has 0 spiro atoms. The van der Waals surface area contributed by atoms with E-state index in [2.05, 4.69) is 0 Å². The van der Waals surface area contributed by atoms with Gasteiger partial charge >= 0.3 is 0 Å². The van der Waals surface area contributed by atoms with Crippen LogP contribution < -0.4 is 5.73 Å². The number of carbonyl (C=O) groups excluding carboxylic acids is 1. The van der Waals surface area contributed by atoms with Gasteiger partial charge < -0.3 is 10.6 Å². The van der Waals surface area contributed by atoms with Gasteiger partial charge in [0.05, 0.1) is 6.04 Å². The Labute approximate surface area is 85.6 Å². The highest BCUT2D eigenvalue weighted by Gasteiger charge is 2.37. The second-order valence-corrected chi connectivity index (χ2v) is 4.72. The summed E-state index contributed by atoms with van der Waals surface area (Å²) in [6.45, 7) is 2.72. The van der Waals surface area contributed by atoms with Crippen LogP contribution in [0.4, 0.5) is 0 Å². The van der Waals surface area contributed by atoms with Crippen LogP contribution in [0, 0.1) is 5.92 Å². The Morgan fingerprint density at radius 1 is 1.36 bits per heavy atom. The molecule has 2 aliphatic rings. The molecular weight excluding hydrogens is 176 g/mol. The van der Waals surface area contributed by atoms with Gasteiger partial charge in [-0.05, 0) is 38.5 Å². The fourth-order valence-corrected chi connectivity index (χ4v) is 2.99. The monoisotopic (exact) mass is 196 g/mol. The van der Waals surface area contributed by atoms with Crippen molar-refractivity contribution in [2.24, 2.45) is 11.7 Å². The lowest BCUT2D eigenvalue weighted by atomic mass is 9.91. The first kappa shape index (κ1) is 9.97. The second kappa shape index (κ2) is 3.89.